The Morgan fingerprint density at radius 3 is 2.29 bits per heavy atom. The fourth-order valence-electron chi connectivity index (χ4n) is 3.53. The average Bonchev–Trinajstić information content (AvgIpc) is 2.55. The minimum Gasteiger partial charge on any atom is -0.370 e. The number of nitrogens with two attached hydrogens (primary N) is 1. The van der Waals surface area contributed by atoms with Crippen LogP contribution in [0.4, 0.5) is 0 Å². The lowest BCUT2D eigenvalue weighted by atomic mass is 9.89. The number of nitrogens with zero attached hydrogens (tertiary/aromatic N) is 2. The van der Waals surface area contributed by atoms with Crippen LogP contribution in [0.3, 0.4) is 0 Å². The van der Waals surface area contributed by atoms with Gasteiger partial charge in [0.15, 0.2) is 5.96 Å². The van der Waals surface area contributed by atoms with Crippen LogP contribution in [0.15, 0.2) is 4.99 Å². The van der Waals surface area contributed by atoms with E-state index in [-0.39, 0.29) is 5.54 Å². The lowest BCUT2D eigenvalue weighted by molar-refractivity contribution is 0.126. The zero-order valence-electron chi connectivity index (χ0n) is 11.4. The molecule has 1 fully saturated rings. The monoisotopic (exact) mass is 237 g/mol. The summed E-state index contributed by atoms with van der Waals surface area (Å²) in [4.78, 5) is 7.02. The van der Waals surface area contributed by atoms with E-state index in [0.717, 1.165) is 25.3 Å². The molecule has 0 aromatic rings. The molecule has 1 aliphatic carbocycles. The van der Waals surface area contributed by atoms with Crippen molar-refractivity contribution >= 4 is 5.96 Å². The first-order chi connectivity index (χ1) is 8.23. The molecule has 0 bridgehead atoms. The highest BCUT2D eigenvalue weighted by Crippen LogP contribution is 2.35. The Hall–Kier alpha value is -0.730. The number of aliphatic imine (C=N–C) groups is 1. The van der Waals surface area contributed by atoms with Gasteiger partial charge in [-0.15, -0.1) is 0 Å². The second-order valence-electron chi connectivity index (χ2n) is 5.62. The topological polar surface area (TPSA) is 41.6 Å². The molecule has 0 aromatic heterocycles. The fourth-order valence-corrected chi connectivity index (χ4v) is 3.53. The van der Waals surface area contributed by atoms with E-state index in [1.54, 1.807) is 0 Å². The van der Waals surface area contributed by atoms with Gasteiger partial charge in [-0.2, -0.15) is 0 Å². The predicted molar refractivity (Wildman–Crippen MR) is 73.1 cm³/mol. The van der Waals surface area contributed by atoms with E-state index in [9.17, 15) is 0 Å². The van der Waals surface area contributed by atoms with Gasteiger partial charge in [0, 0.05) is 6.04 Å². The van der Waals surface area contributed by atoms with Crippen molar-refractivity contribution < 1.29 is 0 Å². The van der Waals surface area contributed by atoms with Crippen LogP contribution in [0.2, 0.25) is 0 Å². The van der Waals surface area contributed by atoms with Crippen LogP contribution >= 0.6 is 0 Å². The fraction of sp³-hybridized carbons (Fsp3) is 0.929. The summed E-state index contributed by atoms with van der Waals surface area (Å²) in [6.07, 6.45) is 10.4. The summed E-state index contributed by atoms with van der Waals surface area (Å²) in [6.45, 7) is 5.46. The van der Waals surface area contributed by atoms with E-state index < -0.39 is 0 Å². The molecule has 0 radical (unpaired) electrons. The van der Waals surface area contributed by atoms with Crippen molar-refractivity contribution in [3.63, 3.8) is 0 Å². The Kier molecular flexibility index (Phi) is 3.95. The van der Waals surface area contributed by atoms with E-state index in [1.165, 1.54) is 38.5 Å². The third kappa shape index (κ3) is 2.29. The maximum atomic E-state index is 6.16. The first-order valence-corrected chi connectivity index (χ1v) is 7.33. The summed E-state index contributed by atoms with van der Waals surface area (Å²) in [7, 11) is 0. The molecule has 2 N–H and O–H groups in total. The van der Waals surface area contributed by atoms with Gasteiger partial charge in [0.1, 0.15) is 0 Å². The van der Waals surface area contributed by atoms with E-state index in [4.69, 9.17) is 5.73 Å². The molecule has 0 saturated heterocycles. The van der Waals surface area contributed by atoms with Gasteiger partial charge >= 0.3 is 0 Å². The van der Waals surface area contributed by atoms with E-state index in [2.05, 4.69) is 23.7 Å². The highest BCUT2D eigenvalue weighted by Gasteiger charge is 2.42. The Bertz CT molecular complexity index is 273. The quantitative estimate of drug-likeness (QED) is 0.767. The summed E-state index contributed by atoms with van der Waals surface area (Å²) < 4.78 is 0. The van der Waals surface area contributed by atoms with Crippen molar-refractivity contribution in [3.8, 4) is 0 Å². The molecule has 1 saturated carbocycles. The minimum absolute atomic E-state index is 0.221. The van der Waals surface area contributed by atoms with E-state index in [0.29, 0.717) is 6.04 Å². The maximum absolute atomic E-state index is 6.16. The van der Waals surface area contributed by atoms with Crippen molar-refractivity contribution in [1.29, 1.82) is 0 Å². The normalized spacial score (nSPS) is 25.8. The molecule has 17 heavy (non-hydrogen) atoms. The number of rotatable bonds is 3. The summed E-state index contributed by atoms with van der Waals surface area (Å²) in [5.74, 6) is 0.806. The third-order valence-corrected chi connectivity index (χ3v) is 4.80. The van der Waals surface area contributed by atoms with E-state index >= 15 is 0 Å². The summed E-state index contributed by atoms with van der Waals surface area (Å²) in [6, 6.07) is 0.642. The van der Waals surface area contributed by atoms with Gasteiger partial charge in [-0.3, -0.25) is 4.99 Å². The molecule has 3 heteroatoms. The SMILES string of the molecule is CCC1(CC)CN=C(N)N1C1CCCCCC1. The average molecular weight is 237 g/mol. The van der Waals surface area contributed by atoms with Crippen molar-refractivity contribution in [1.82, 2.24) is 4.90 Å². The minimum atomic E-state index is 0.221. The van der Waals surface area contributed by atoms with Gasteiger partial charge in [0.25, 0.3) is 0 Å². The number of hydrogen-bond donors (Lipinski definition) is 1. The second-order valence-corrected chi connectivity index (χ2v) is 5.62. The first kappa shape index (κ1) is 12.7. The maximum Gasteiger partial charge on any atom is 0.192 e. The molecule has 0 aromatic carbocycles. The molecule has 98 valence electrons. The highest BCUT2D eigenvalue weighted by atomic mass is 15.4. The Labute approximate surface area is 105 Å². The summed E-state index contributed by atoms with van der Waals surface area (Å²) in [5, 5.41) is 0. The summed E-state index contributed by atoms with van der Waals surface area (Å²) in [5.41, 5.74) is 6.38. The molecule has 2 rings (SSSR count). The first-order valence-electron chi connectivity index (χ1n) is 7.33. The number of guanidine groups is 1. The smallest absolute Gasteiger partial charge is 0.192 e. The zero-order valence-corrected chi connectivity index (χ0v) is 11.4. The molecule has 0 atom stereocenters. The third-order valence-electron chi connectivity index (χ3n) is 4.80. The van der Waals surface area contributed by atoms with Crippen LogP contribution < -0.4 is 5.73 Å². The van der Waals surface area contributed by atoms with Gasteiger partial charge in [0.2, 0.25) is 0 Å². The Balaban J connectivity index is 2.17. The van der Waals surface area contributed by atoms with Gasteiger partial charge in [-0.25, -0.2) is 0 Å². The van der Waals surface area contributed by atoms with Crippen LogP contribution in [0.5, 0.6) is 0 Å². The molecule has 2 aliphatic rings. The van der Waals surface area contributed by atoms with Crippen LogP contribution in [0, 0.1) is 0 Å². The Morgan fingerprint density at radius 1 is 1.18 bits per heavy atom. The van der Waals surface area contributed by atoms with Gasteiger partial charge < -0.3 is 10.6 Å². The van der Waals surface area contributed by atoms with Crippen molar-refractivity contribution in [2.45, 2.75) is 76.8 Å². The highest BCUT2D eigenvalue weighted by molar-refractivity contribution is 5.81. The van der Waals surface area contributed by atoms with Crippen LogP contribution in [0.1, 0.15) is 65.2 Å². The van der Waals surface area contributed by atoms with Gasteiger partial charge in [-0.05, 0) is 25.7 Å². The molecule has 0 amide bonds. The Morgan fingerprint density at radius 2 is 1.76 bits per heavy atom. The molecule has 1 aliphatic heterocycles. The van der Waals surface area contributed by atoms with E-state index in [1.807, 2.05) is 0 Å². The largest absolute Gasteiger partial charge is 0.370 e. The van der Waals surface area contributed by atoms with Crippen LogP contribution in [-0.4, -0.2) is 29.0 Å². The standard InChI is InChI=1S/C14H27N3/c1-3-14(4-2)11-16-13(15)17(14)12-9-7-5-6-8-10-12/h12H,3-11H2,1-2H3,(H2,15,16). The van der Waals surface area contributed by atoms with Crippen LogP contribution in [0.25, 0.3) is 0 Å². The van der Waals surface area contributed by atoms with Crippen LogP contribution in [-0.2, 0) is 0 Å². The van der Waals surface area contributed by atoms with Gasteiger partial charge in [-0.1, -0.05) is 39.5 Å². The molecule has 0 unspecified atom stereocenters. The molecular weight excluding hydrogens is 210 g/mol. The molecular formula is C14H27N3. The zero-order chi connectivity index (χ0) is 12.3. The predicted octanol–water partition coefficient (Wildman–Crippen LogP) is 2.90. The van der Waals surface area contributed by atoms with Crippen molar-refractivity contribution in [2.24, 2.45) is 10.7 Å². The lowest BCUT2D eigenvalue weighted by Gasteiger charge is -2.43. The van der Waals surface area contributed by atoms with Gasteiger partial charge in [0.05, 0.1) is 12.1 Å². The lowest BCUT2D eigenvalue weighted by Crippen LogP contribution is -2.55. The number of hydrogen-bond acceptors (Lipinski definition) is 3. The molecule has 0 spiro atoms. The molecule has 3 nitrogen and oxygen atoms in total. The summed E-state index contributed by atoms with van der Waals surface area (Å²) >= 11 is 0. The van der Waals surface area contributed by atoms with Crippen molar-refractivity contribution in [3.05, 3.63) is 0 Å². The second kappa shape index (κ2) is 5.28. The molecule has 1 heterocycles. The van der Waals surface area contributed by atoms with Crippen molar-refractivity contribution in [2.75, 3.05) is 6.54 Å².